The summed E-state index contributed by atoms with van der Waals surface area (Å²) in [4.78, 5) is 17.4. The molecule has 0 atom stereocenters. The van der Waals surface area contributed by atoms with Crippen LogP contribution in [0.3, 0.4) is 0 Å². The van der Waals surface area contributed by atoms with E-state index in [4.69, 9.17) is 4.74 Å². The minimum atomic E-state index is 0.219. The van der Waals surface area contributed by atoms with Gasteiger partial charge in [0.1, 0.15) is 0 Å². The second kappa shape index (κ2) is 9.16. The summed E-state index contributed by atoms with van der Waals surface area (Å²) in [6.45, 7) is 8.84. The average Bonchev–Trinajstić information content (AvgIpc) is 2.68. The summed E-state index contributed by atoms with van der Waals surface area (Å²) in [5, 5.41) is 0. The third-order valence-corrected chi connectivity index (χ3v) is 5.32. The predicted octanol–water partition coefficient (Wildman–Crippen LogP) is 3.05. The number of hydrogen-bond donors (Lipinski definition) is 0. The van der Waals surface area contributed by atoms with Crippen LogP contribution in [-0.4, -0.2) is 61.6 Å². The molecular formula is C21H30N2O2. The molecule has 0 saturated carbocycles. The number of rotatable bonds is 5. The highest BCUT2D eigenvalue weighted by molar-refractivity contribution is 5.97. The zero-order chi connectivity index (χ0) is 17.5. The lowest BCUT2D eigenvalue weighted by atomic mass is 9.95. The summed E-state index contributed by atoms with van der Waals surface area (Å²) in [6.07, 6.45) is 5.06. The first kappa shape index (κ1) is 18.2. The van der Waals surface area contributed by atoms with Gasteiger partial charge in [-0.2, -0.15) is 0 Å². The number of morpholine rings is 1. The van der Waals surface area contributed by atoms with Crippen molar-refractivity contribution in [1.29, 1.82) is 0 Å². The van der Waals surface area contributed by atoms with Crippen molar-refractivity contribution in [3.8, 4) is 0 Å². The van der Waals surface area contributed by atoms with Crippen molar-refractivity contribution in [3.05, 3.63) is 41.5 Å². The first-order chi connectivity index (χ1) is 12.3. The van der Waals surface area contributed by atoms with E-state index >= 15 is 0 Å². The monoisotopic (exact) mass is 342 g/mol. The van der Waals surface area contributed by atoms with Crippen molar-refractivity contribution >= 4 is 12.0 Å². The van der Waals surface area contributed by atoms with Crippen LogP contribution in [0.4, 0.5) is 0 Å². The number of ether oxygens (including phenoxy) is 1. The van der Waals surface area contributed by atoms with Gasteiger partial charge in [-0.05, 0) is 36.8 Å². The van der Waals surface area contributed by atoms with Crippen LogP contribution < -0.4 is 0 Å². The second-order valence-electron chi connectivity index (χ2n) is 7.08. The molecule has 0 unspecified atom stereocenters. The lowest BCUT2D eigenvalue weighted by Gasteiger charge is -2.36. The zero-order valence-corrected chi connectivity index (χ0v) is 15.3. The topological polar surface area (TPSA) is 32.8 Å². The van der Waals surface area contributed by atoms with E-state index in [1.807, 2.05) is 29.2 Å². The molecule has 0 aliphatic carbocycles. The van der Waals surface area contributed by atoms with Gasteiger partial charge in [0.2, 0.25) is 5.91 Å². The predicted molar refractivity (Wildman–Crippen MR) is 101 cm³/mol. The van der Waals surface area contributed by atoms with Gasteiger partial charge < -0.3 is 9.64 Å². The lowest BCUT2D eigenvalue weighted by molar-refractivity contribution is -0.128. The van der Waals surface area contributed by atoms with E-state index < -0.39 is 0 Å². The van der Waals surface area contributed by atoms with Gasteiger partial charge in [-0.1, -0.05) is 37.3 Å². The SMILES string of the molecule is CC/C(=C\c1ccccc1)C(=O)N1CCC(CN2CCOCC2)CC1. The summed E-state index contributed by atoms with van der Waals surface area (Å²) in [6, 6.07) is 10.1. The van der Waals surface area contributed by atoms with Crippen LogP contribution in [0, 0.1) is 5.92 Å². The van der Waals surface area contributed by atoms with E-state index in [1.54, 1.807) is 0 Å². The molecule has 1 aromatic carbocycles. The summed E-state index contributed by atoms with van der Waals surface area (Å²) in [7, 11) is 0. The molecule has 2 aliphatic heterocycles. The van der Waals surface area contributed by atoms with Crippen LogP contribution in [0.2, 0.25) is 0 Å². The fourth-order valence-electron chi connectivity index (χ4n) is 3.74. The first-order valence-electron chi connectivity index (χ1n) is 9.61. The first-order valence-corrected chi connectivity index (χ1v) is 9.61. The molecule has 136 valence electrons. The number of hydrogen-bond acceptors (Lipinski definition) is 3. The third kappa shape index (κ3) is 5.16. The smallest absolute Gasteiger partial charge is 0.249 e. The average molecular weight is 342 g/mol. The molecule has 2 fully saturated rings. The van der Waals surface area contributed by atoms with E-state index in [-0.39, 0.29) is 5.91 Å². The lowest BCUT2D eigenvalue weighted by Crippen LogP contribution is -2.44. The quantitative estimate of drug-likeness (QED) is 0.771. The zero-order valence-electron chi connectivity index (χ0n) is 15.3. The van der Waals surface area contributed by atoms with E-state index in [1.165, 1.54) is 0 Å². The van der Waals surface area contributed by atoms with Gasteiger partial charge in [0.25, 0.3) is 0 Å². The van der Waals surface area contributed by atoms with Gasteiger partial charge in [-0.3, -0.25) is 9.69 Å². The van der Waals surface area contributed by atoms with Gasteiger partial charge in [0.15, 0.2) is 0 Å². The Kier molecular flexibility index (Phi) is 6.65. The van der Waals surface area contributed by atoms with Crippen LogP contribution >= 0.6 is 0 Å². The molecule has 1 aromatic rings. The standard InChI is InChI=1S/C21H30N2O2/c1-2-20(16-18-6-4-3-5-7-18)21(24)23-10-8-19(9-11-23)17-22-12-14-25-15-13-22/h3-7,16,19H,2,8-15,17H2,1H3/b20-16+. The number of benzene rings is 1. The third-order valence-electron chi connectivity index (χ3n) is 5.32. The molecule has 0 N–H and O–H groups in total. The molecule has 4 heteroatoms. The van der Waals surface area contributed by atoms with Crippen LogP contribution in [0.5, 0.6) is 0 Å². The van der Waals surface area contributed by atoms with E-state index in [2.05, 4.69) is 24.0 Å². The molecule has 0 bridgehead atoms. The Morgan fingerprint density at radius 3 is 2.44 bits per heavy atom. The number of amides is 1. The van der Waals surface area contributed by atoms with E-state index in [9.17, 15) is 4.79 Å². The number of carbonyl (C=O) groups excluding carboxylic acids is 1. The molecule has 4 nitrogen and oxygen atoms in total. The van der Waals surface area contributed by atoms with Crippen molar-refractivity contribution in [2.24, 2.45) is 5.92 Å². The van der Waals surface area contributed by atoms with Crippen molar-refractivity contribution in [2.75, 3.05) is 45.9 Å². The fourth-order valence-corrected chi connectivity index (χ4v) is 3.74. The van der Waals surface area contributed by atoms with Crippen LogP contribution in [0.15, 0.2) is 35.9 Å². The maximum absolute atomic E-state index is 12.9. The highest BCUT2D eigenvalue weighted by Crippen LogP contribution is 2.22. The minimum Gasteiger partial charge on any atom is -0.379 e. The Balaban J connectivity index is 1.52. The molecule has 2 heterocycles. The summed E-state index contributed by atoms with van der Waals surface area (Å²) in [5.74, 6) is 0.932. The Hall–Kier alpha value is -1.65. The van der Waals surface area contributed by atoms with Crippen LogP contribution in [-0.2, 0) is 9.53 Å². The van der Waals surface area contributed by atoms with Gasteiger partial charge in [-0.25, -0.2) is 0 Å². The maximum Gasteiger partial charge on any atom is 0.249 e. The molecule has 2 saturated heterocycles. The Labute approximate surface area is 151 Å². The number of piperidine rings is 1. The van der Waals surface area contributed by atoms with Gasteiger partial charge in [0, 0.05) is 38.3 Å². The number of nitrogens with zero attached hydrogens (tertiary/aromatic N) is 2. The second-order valence-corrected chi connectivity index (χ2v) is 7.08. The Morgan fingerprint density at radius 1 is 1.12 bits per heavy atom. The number of likely N-dealkylation sites (tertiary alicyclic amines) is 1. The molecule has 25 heavy (non-hydrogen) atoms. The molecule has 0 spiro atoms. The summed E-state index contributed by atoms with van der Waals surface area (Å²) in [5.41, 5.74) is 2.02. The summed E-state index contributed by atoms with van der Waals surface area (Å²) < 4.78 is 5.42. The molecule has 3 rings (SSSR count). The van der Waals surface area contributed by atoms with Gasteiger partial charge in [0.05, 0.1) is 13.2 Å². The van der Waals surface area contributed by atoms with Crippen molar-refractivity contribution < 1.29 is 9.53 Å². The highest BCUT2D eigenvalue weighted by Gasteiger charge is 2.26. The van der Waals surface area contributed by atoms with Crippen molar-refractivity contribution in [3.63, 3.8) is 0 Å². The van der Waals surface area contributed by atoms with Gasteiger partial charge in [-0.15, -0.1) is 0 Å². The van der Waals surface area contributed by atoms with Crippen molar-refractivity contribution in [1.82, 2.24) is 9.80 Å². The molecule has 0 radical (unpaired) electrons. The largest absolute Gasteiger partial charge is 0.379 e. The molecule has 2 aliphatic rings. The molecule has 1 amide bonds. The van der Waals surface area contributed by atoms with Crippen LogP contribution in [0.1, 0.15) is 31.7 Å². The molecular weight excluding hydrogens is 312 g/mol. The Morgan fingerprint density at radius 2 is 1.80 bits per heavy atom. The minimum absolute atomic E-state index is 0.219. The normalized spacial score (nSPS) is 20.7. The molecule has 0 aromatic heterocycles. The Bertz CT molecular complexity index is 571. The van der Waals surface area contributed by atoms with Crippen LogP contribution in [0.25, 0.3) is 6.08 Å². The van der Waals surface area contributed by atoms with E-state index in [0.717, 1.165) is 76.3 Å². The fraction of sp³-hybridized carbons (Fsp3) is 0.571. The number of carbonyl (C=O) groups is 1. The maximum atomic E-state index is 12.9. The van der Waals surface area contributed by atoms with E-state index in [0.29, 0.717) is 5.92 Å². The summed E-state index contributed by atoms with van der Waals surface area (Å²) >= 11 is 0. The highest BCUT2D eigenvalue weighted by atomic mass is 16.5. The van der Waals surface area contributed by atoms with Crippen molar-refractivity contribution in [2.45, 2.75) is 26.2 Å². The van der Waals surface area contributed by atoms with Gasteiger partial charge >= 0.3 is 0 Å².